The summed E-state index contributed by atoms with van der Waals surface area (Å²) in [5.41, 5.74) is 4.94. The number of hydrogen-bond donors (Lipinski definition) is 2. The SMILES string of the molecule is COc1ccc(CN(Cc2ccc(OC)cc2OC)c2nc3cncc(NCC(O)C(=O)N4CCc5cc(Cl)cc(Cl)c5[C@@H]4C)c3o2)c(OC)c1. The monoisotopic (exact) mass is 735 g/mol. The van der Waals surface area contributed by atoms with Crippen LogP contribution in [0.3, 0.4) is 0 Å². The lowest BCUT2D eigenvalue weighted by molar-refractivity contribution is -0.142. The summed E-state index contributed by atoms with van der Waals surface area (Å²) >= 11 is 12.7. The molecular formula is C37H39Cl2N5O7. The van der Waals surface area contributed by atoms with Crippen molar-refractivity contribution in [1.82, 2.24) is 14.9 Å². The molecule has 1 amide bonds. The molecule has 14 heteroatoms. The molecule has 0 saturated heterocycles. The highest BCUT2D eigenvalue weighted by molar-refractivity contribution is 6.35. The number of halogens is 2. The maximum absolute atomic E-state index is 13.5. The highest BCUT2D eigenvalue weighted by atomic mass is 35.5. The van der Waals surface area contributed by atoms with Gasteiger partial charge in [-0.15, -0.1) is 0 Å². The van der Waals surface area contributed by atoms with Crippen LogP contribution in [0.25, 0.3) is 11.1 Å². The molecule has 6 rings (SSSR count). The number of anilines is 2. The summed E-state index contributed by atoms with van der Waals surface area (Å²) < 4.78 is 28.6. The van der Waals surface area contributed by atoms with E-state index < -0.39 is 12.0 Å². The van der Waals surface area contributed by atoms with Crippen LogP contribution in [0.1, 0.15) is 35.2 Å². The van der Waals surface area contributed by atoms with Crippen LogP contribution in [-0.2, 0) is 24.3 Å². The quantitative estimate of drug-likeness (QED) is 0.134. The number of benzene rings is 3. The molecule has 51 heavy (non-hydrogen) atoms. The Balaban J connectivity index is 1.25. The van der Waals surface area contributed by atoms with E-state index in [1.54, 1.807) is 51.8 Å². The van der Waals surface area contributed by atoms with Crippen LogP contribution in [-0.4, -0.2) is 73.5 Å². The summed E-state index contributed by atoms with van der Waals surface area (Å²) in [5.74, 6) is 2.18. The van der Waals surface area contributed by atoms with Gasteiger partial charge in [0.2, 0.25) is 0 Å². The Morgan fingerprint density at radius 1 is 0.980 bits per heavy atom. The fraction of sp³-hybridized carbons (Fsp3) is 0.324. The van der Waals surface area contributed by atoms with Crippen molar-refractivity contribution in [3.63, 3.8) is 0 Å². The first-order valence-electron chi connectivity index (χ1n) is 16.3. The molecule has 2 aromatic heterocycles. The van der Waals surface area contributed by atoms with Gasteiger partial charge in [0.05, 0.1) is 72.2 Å². The number of hydrogen-bond acceptors (Lipinski definition) is 11. The Morgan fingerprint density at radius 2 is 1.63 bits per heavy atom. The van der Waals surface area contributed by atoms with Gasteiger partial charge in [-0.3, -0.25) is 9.78 Å². The minimum absolute atomic E-state index is 0.0874. The fourth-order valence-corrected chi connectivity index (χ4v) is 7.05. The van der Waals surface area contributed by atoms with Crippen LogP contribution in [0.2, 0.25) is 10.0 Å². The zero-order valence-electron chi connectivity index (χ0n) is 28.9. The topological polar surface area (TPSA) is 132 Å². The zero-order chi connectivity index (χ0) is 36.2. The number of rotatable bonds is 13. The van der Waals surface area contributed by atoms with Crippen molar-refractivity contribution in [1.29, 1.82) is 0 Å². The summed E-state index contributed by atoms with van der Waals surface area (Å²) in [4.78, 5) is 26.2. The molecule has 1 unspecified atom stereocenters. The average Bonchev–Trinajstić information content (AvgIpc) is 3.58. The summed E-state index contributed by atoms with van der Waals surface area (Å²) in [7, 11) is 6.41. The van der Waals surface area contributed by atoms with Gasteiger partial charge in [-0.25, -0.2) is 0 Å². The van der Waals surface area contributed by atoms with Gasteiger partial charge in [0, 0.05) is 39.8 Å². The number of carbonyl (C=O) groups is 1. The fourth-order valence-electron chi connectivity index (χ4n) is 6.36. The largest absolute Gasteiger partial charge is 0.497 e. The number of ether oxygens (including phenoxy) is 4. The van der Waals surface area contributed by atoms with Gasteiger partial charge < -0.3 is 43.6 Å². The van der Waals surface area contributed by atoms with Gasteiger partial charge in [0.1, 0.15) is 34.6 Å². The Hall–Kier alpha value is -4.91. The normalized spacial score (nSPS) is 14.5. The molecular weight excluding hydrogens is 697 g/mol. The molecule has 2 N–H and O–H groups in total. The summed E-state index contributed by atoms with van der Waals surface area (Å²) in [5, 5.41) is 15.3. The number of aliphatic hydroxyl groups is 1. The number of nitrogens with zero attached hydrogens (tertiary/aromatic N) is 4. The van der Waals surface area contributed by atoms with Crippen molar-refractivity contribution >= 4 is 51.9 Å². The third-order valence-electron chi connectivity index (χ3n) is 9.01. The van der Waals surface area contributed by atoms with Gasteiger partial charge in [-0.05, 0) is 60.9 Å². The first-order chi connectivity index (χ1) is 24.6. The van der Waals surface area contributed by atoms with E-state index >= 15 is 0 Å². The number of carbonyl (C=O) groups excluding carboxylic acids is 1. The first-order valence-corrected chi connectivity index (χ1v) is 17.0. The van der Waals surface area contributed by atoms with E-state index in [1.165, 1.54) is 0 Å². The van der Waals surface area contributed by atoms with Crippen molar-refractivity contribution in [2.24, 2.45) is 0 Å². The van der Waals surface area contributed by atoms with Crippen molar-refractivity contribution in [3.8, 4) is 23.0 Å². The van der Waals surface area contributed by atoms with E-state index in [4.69, 9.17) is 51.6 Å². The second kappa shape index (κ2) is 15.5. The third kappa shape index (κ3) is 7.58. The van der Waals surface area contributed by atoms with Gasteiger partial charge in [0.25, 0.3) is 11.9 Å². The highest BCUT2D eigenvalue weighted by Gasteiger charge is 2.33. The van der Waals surface area contributed by atoms with E-state index in [0.29, 0.717) is 81.9 Å². The third-order valence-corrected chi connectivity index (χ3v) is 9.54. The second-order valence-electron chi connectivity index (χ2n) is 12.1. The van der Waals surface area contributed by atoms with Crippen molar-refractivity contribution in [3.05, 3.63) is 93.2 Å². The summed E-state index contributed by atoms with van der Waals surface area (Å²) in [6, 6.07) is 14.7. The lowest BCUT2D eigenvalue weighted by Gasteiger charge is -2.37. The van der Waals surface area contributed by atoms with E-state index in [-0.39, 0.29) is 12.6 Å². The minimum Gasteiger partial charge on any atom is -0.497 e. The molecule has 0 fully saturated rings. The number of nitrogens with one attached hydrogen (secondary N) is 1. The van der Waals surface area contributed by atoms with Crippen LogP contribution >= 0.6 is 23.2 Å². The van der Waals surface area contributed by atoms with Gasteiger partial charge in [-0.2, -0.15) is 4.98 Å². The van der Waals surface area contributed by atoms with E-state index in [1.807, 2.05) is 54.3 Å². The minimum atomic E-state index is -1.35. The predicted molar refractivity (Wildman–Crippen MR) is 196 cm³/mol. The number of aromatic nitrogens is 2. The molecule has 3 heterocycles. The molecule has 0 spiro atoms. The lowest BCUT2D eigenvalue weighted by Crippen LogP contribution is -2.46. The number of fused-ring (bicyclic) bond motifs is 2. The number of oxazole rings is 1. The molecule has 0 aliphatic carbocycles. The van der Waals surface area contributed by atoms with Gasteiger partial charge in [-0.1, -0.05) is 23.2 Å². The molecule has 2 atom stereocenters. The first kappa shape index (κ1) is 35.9. The second-order valence-corrected chi connectivity index (χ2v) is 12.9. The molecule has 268 valence electrons. The zero-order valence-corrected chi connectivity index (χ0v) is 30.4. The van der Waals surface area contributed by atoms with Crippen molar-refractivity contribution < 1.29 is 33.3 Å². The molecule has 0 radical (unpaired) electrons. The Bertz CT molecular complexity index is 1980. The summed E-state index contributed by atoms with van der Waals surface area (Å²) in [6.45, 7) is 2.94. The Morgan fingerprint density at radius 3 is 2.24 bits per heavy atom. The number of methoxy groups -OCH3 is 4. The summed E-state index contributed by atoms with van der Waals surface area (Å²) in [6.07, 6.45) is 2.40. The van der Waals surface area contributed by atoms with Crippen LogP contribution in [0.5, 0.6) is 23.0 Å². The predicted octanol–water partition coefficient (Wildman–Crippen LogP) is 6.69. The molecule has 0 bridgehead atoms. The van der Waals surface area contributed by atoms with Gasteiger partial charge >= 0.3 is 0 Å². The van der Waals surface area contributed by atoms with Crippen LogP contribution in [0, 0.1) is 0 Å². The van der Waals surface area contributed by atoms with Crippen molar-refractivity contribution in [2.45, 2.75) is 38.6 Å². The van der Waals surface area contributed by atoms with E-state index in [0.717, 1.165) is 22.3 Å². The molecule has 1 aliphatic rings. The average molecular weight is 737 g/mol. The molecule has 1 aliphatic heterocycles. The van der Waals surface area contributed by atoms with E-state index in [9.17, 15) is 9.90 Å². The Labute approximate surface area is 305 Å². The van der Waals surface area contributed by atoms with Crippen molar-refractivity contribution in [2.75, 3.05) is 51.7 Å². The van der Waals surface area contributed by atoms with Gasteiger partial charge in [0.15, 0.2) is 5.58 Å². The molecule has 0 saturated carbocycles. The van der Waals surface area contributed by atoms with Crippen LogP contribution < -0.4 is 29.2 Å². The highest BCUT2D eigenvalue weighted by Crippen LogP contribution is 2.38. The molecule has 12 nitrogen and oxygen atoms in total. The number of amides is 1. The standard InChI is InChI=1S/C37H39Cl2N5O7/c1-21-34-22(12-25(38)13-28(34)39)10-11-44(21)36(46)31(45)18-41-29-16-40-17-30-35(29)51-37(42-30)43(19-23-6-8-26(47-2)14-32(23)49-4)20-24-7-9-27(48-3)15-33(24)50-5/h6-9,12-17,21,31,41,45H,10-11,18-20H2,1-5H3/t21-,31?/m0/s1. The maximum Gasteiger partial charge on any atom is 0.299 e. The van der Waals surface area contributed by atoms with Crippen LogP contribution in [0.15, 0.2) is 65.3 Å². The lowest BCUT2D eigenvalue weighted by atomic mass is 9.93. The molecule has 3 aromatic carbocycles. The van der Waals surface area contributed by atoms with E-state index in [2.05, 4.69) is 10.3 Å². The Kier molecular flexibility index (Phi) is 10.9. The maximum atomic E-state index is 13.5. The molecule has 5 aromatic rings. The number of aliphatic hydroxyl groups excluding tert-OH is 1. The van der Waals surface area contributed by atoms with Crippen LogP contribution in [0.4, 0.5) is 11.7 Å². The smallest absolute Gasteiger partial charge is 0.299 e. The number of pyridine rings is 1.